The van der Waals surface area contributed by atoms with E-state index in [2.05, 4.69) is 16.0 Å². The summed E-state index contributed by atoms with van der Waals surface area (Å²) in [6.45, 7) is 7.04. The lowest BCUT2D eigenvalue weighted by Gasteiger charge is -2.25. The zero-order chi connectivity index (χ0) is 25.0. The van der Waals surface area contributed by atoms with Gasteiger partial charge in [0.25, 0.3) is 0 Å². The Morgan fingerprint density at radius 2 is 1.60 bits per heavy atom. The number of hydrogen-bond acceptors (Lipinski definition) is 6. The number of nitrogens with one attached hydrogen (secondary N) is 3. The molecular formula is C26H34N4O5. The topological polar surface area (TPSA) is 109 Å². The van der Waals surface area contributed by atoms with Gasteiger partial charge < -0.3 is 25.4 Å². The molecule has 3 N–H and O–H groups in total. The molecule has 1 fully saturated rings. The molecule has 35 heavy (non-hydrogen) atoms. The standard InChI is InChI=1S/C26H34N4O5/c1-3-19(2)24(29-26(33)35-18-20-7-5-4-6-8-20)25(32)28-22-11-9-21(10-12-22)27-23(31)17-30-13-15-34-16-14-30/h4-12,19,24H,3,13-18H2,1-2H3,(H,27,31)(H,28,32)(H,29,33)/t19-,24-/m0/s1. The van der Waals surface area contributed by atoms with Crippen LogP contribution in [0.3, 0.4) is 0 Å². The molecule has 1 heterocycles. The van der Waals surface area contributed by atoms with Crippen molar-refractivity contribution in [1.29, 1.82) is 0 Å². The molecule has 1 saturated heterocycles. The van der Waals surface area contributed by atoms with Gasteiger partial charge in [0.05, 0.1) is 19.8 Å². The molecule has 188 valence electrons. The maximum Gasteiger partial charge on any atom is 0.408 e. The molecule has 0 aliphatic carbocycles. The predicted octanol–water partition coefficient (Wildman–Crippen LogP) is 3.24. The van der Waals surface area contributed by atoms with Crippen molar-refractivity contribution in [3.8, 4) is 0 Å². The maximum atomic E-state index is 12.9. The van der Waals surface area contributed by atoms with Gasteiger partial charge in [0.1, 0.15) is 12.6 Å². The van der Waals surface area contributed by atoms with E-state index in [1.807, 2.05) is 49.1 Å². The van der Waals surface area contributed by atoms with Gasteiger partial charge in [0, 0.05) is 24.5 Å². The van der Waals surface area contributed by atoms with Crippen molar-refractivity contribution in [3.05, 3.63) is 60.2 Å². The van der Waals surface area contributed by atoms with Crippen molar-refractivity contribution in [2.24, 2.45) is 5.92 Å². The van der Waals surface area contributed by atoms with Crippen molar-refractivity contribution >= 4 is 29.3 Å². The average Bonchev–Trinajstić information content (AvgIpc) is 2.88. The summed E-state index contributed by atoms with van der Waals surface area (Å²) < 4.78 is 10.6. The Morgan fingerprint density at radius 1 is 0.971 bits per heavy atom. The second kappa shape index (κ2) is 13.5. The van der Waals surface area contributed by atoms with Crippen LogP contribution in [0.25, 0.3) is 0 Å². The van der Waals surface area contributed by atoms with E-state index >= 15 is 0 Å². The zero-order valence-electron chi connectivity index (χ0n) is 20.3. The Bertz CT molecular complexity index is 961. The van der Waals surface area contributed by atoms with Crippen molar-refractivity contribution < 1.29 is 23.9 Å². The van der Waals surface area contributed by atoms with E-state index in [-0.39, 0.29) is 24.3 Å². The second-order valence-electron chi connectivity index (χ2n) is 8.57. The lowest BCUT2D eigenvalue weighted by molar-refractivity contribution is -0.119. The van der Waals surface area contributed by atoms with Crippen molar-refractivity contribution in [2.75, 3.05) is 43.5 Å². The summed E-state index contributed by atoms with van der Waals surface area (Å²) in [5, 5.41) is 8.39. The van der Waals surface area contributed by atoms with Gasteiger partial charge in [-0.2, -0.15) is 0 Å². The molecule has 2 aromatic carbocycles. The molecule has 0 unspecified atom stereocenters. The summed E-state index contributed by atoms with van der Waals surface area (Å²) in [6, 6.07) is 15.5. The summed E-state index contributed by atoms with van der Waals surface area (Å²) in [5.41, 5.74) is 2.07. The lowest BCUT2D eigenvalue weighted by atomic mass is 9.98. The number of rotatable bonds is 10. The highest BCUT2D eigenvalue weighted by molar-refractivity contribution is 5.97. The van der Waals surface area contributed by atoms with E-state index in [9.17, 15) is 14.4 Å². The highest BCUT2D eigenvalue weighted by atomic mass is 16.5. The number of carbonyl (C=O) groups is 3. The monoisotopic (exact) mass is 482 g/mol. The Hall–Kier alpha value is -3.43. The number of amides is 3. The molecule has 3 amide bonds. The normalized spacial score (nSPS) is 15.5. The number of morpholine rings is 1. The molecule has 1 aliphatic rings. The number of alkyl carbamates (subject to hydrolysis) is 1. The fraction of sp³-hybridized carbons (Fsp3) is 0.423. The smallest absolute Gasteiger partial charge is 0.408 e. The highest BCUT2D eigenvalue weighted by Gasteiger charge is 2.26. The van der Waals surface area contributed by atoms with Crippen LogP contribution in [0, 0.1) is 5.92 Å². The van der Waals surface area contributed by atoms with Gasteiger partial charge in [-0.15, -0.1) is 0 Å². The first-order valence-corrected chi connectivity index (χ1v) is 11.9. The number of anilines is 2. The number of carbonyl (C=O) groups excluding carboxylic acids is 3. The predicted molar refractivity (Wildman–Crippen MR) is 134 cm³/mol. The second-order valence-corrected chi connectivity index (χ2v) is 8.57. The summed E-state index contributed by atoms with van der Waals surface area (Å²) >= 11 is 0. The molecule has 9 heteroatoms. The van der Waals surface area contributed by atoms with E-state index in [4.69, 9.17) is 9.47 Å². The van der Waals surface area contributed by atoms with Crippen LogP contribution in [0.15, 0.2) is 54.6 Å². The van der Waals surface area contributed by atoms with Crippen molar-refractivity contribution in [1.82, 2.24) is 10.2 Å². The Labute approximate surface area is 206 Å². The minimum Gasteiger partial charge on any atom is -0.445 e. The van der Waals surface area contributed by atoms with Crippen LogP contribution in [0.1, 0.15) is 25.8 Å². The number of ether oxygens (including phenoxy) is 2. The molecule has 0 aromatic heterocycles. The van der Waals surface area contributed by atoms with Gasteiger partial charge in [-0.3, -0.25) is 14.5 Å². The molecule has 0 radical (unpaired) electrons. The fourth-order valence-corrected chi connectivity index (χ4v) is 3.61. The third-order valence-electron chi connectivity index (χ3n) is 5.89. The summed E-state index contributed by atoms with van der Waals surface area (Å²) in [4.78, 5) is 39.6. The van der Waals surface area contributed by atoms with Crippen molar-refractivity contribution in [2.45, 2.75) is 32.9 Å². The molecule has 0 spiro atoms. The first-order chi connectivity index (χ1) is 16.9. The van der Waals surface area contributed by atoms with E-state index in [0.29, 0.717) is 37.6 Å². The van der Waals surface area contributed by atoms with Crippen LogP contribution in [0.5, 0.6) is 0 Å². The molecule has 2 aromatic rings. The minimum atomic E-state index is -0.754. The minimum absolute atomic E-state index is 0.0984. The molecule has 3 rings (SSSR count). The van der Waals surface area contributed by atoms with Gasteiger partial charge in [0.2, 0.25) is 11.8 Å². The van der Waals surface area contributed by atoms with E-state index < -0.39 is 12.1 Å². The molecule has 1 aliphatic heterocycles. The van der Waals surface area contributed by atoms with Crippen LogP contribution in [0.2, 0.25) is 0 Å². The Balaban J connectivity index is 1.50. The van der Waals surface area contributed by atoms with Crippen LogP contribution in [0.4, 0.5) is 16.2 Å². The molecule has 2 atom stereocenters. The zero-order valence-corrected chi connectivity index (χ0v) is 20.3. The molecule has 9 nitrogen and oxygen atoms in total. The van der Waals surface area contributed by atoms with Crippen LogP contribution < -0.4 is 16.0 Å². The SMILES string of the molecule is CC[C@H](C)[C@H](NC(=O)OCc1ccccc1)C(=O)Nc1ccc(NC(=O)CN2CCOCC2)cc1. The van der Waals surface area contributed by atoms with Crippen LogP contribution in [-0.2, 0) is 25.7 Å². The van der Waals surface area contributed by atoms with Crippen LogP contribution in [-0.4, -0.2) is 61.7 Å². The maximum absolute atomic E-state index is 12.9. The average molecular weight is 483 g/mol. The van der Waals surface area contributed by atoms with Crippen LogP contribution >= 0.6 is 0 Å². The van der Waals surface area contributed by atoms with Gasteiger partial charge in [-0.25, -0.2) is 4.79 Å². The fourth-order valence-electron chi connectivity index (χ4n) is 3.61. The molecule has 0 saturated carbocycles. The number of hydrogen-bond donors (Lipinski definition) is 3. The van der Waals surface area contributed by atoms with Crippen molar-refractivity contribution in [3.63, 3.8) is 0 Å². The lowest BCUT2D eigenvalue weighted by Crippen LogP contribution is -2.47. The summed E-state index contributed by atoms with van der Waals surface area (Å²) in [7, 11) is 0. The highest BCUT2D eigenvalue weighted by Crippen LogP contribution is 2.16. The summed E-state index contributed by atoms with van der Waals surface area (Å²) in [6.07, 6.45) is 0.0539. The quantitative estimate of drug-likeness (QED) is 0.480. The van der Waals surface area contributed by atoms with Gasteiger partial charge in [0.15, 0.2) is 0 Å². The van der Waals surface area contributed by atoms with Gasteiger partial charge >= 0.3 is 6.09 Å². The third-order valence-corrected chi connectivity index (χ3v) is 5.89. The molecule has 0 bridgehead atoms. The number of nitrogens with zero attached hydrogens (tertiary/aromatic N) is 1. The van der Waals surface area contributed by atoms with Gasteiger partial charge in [-0.05, 0) is 35.7 Å². The van der Waals surface area contributed by atoms with E-state index in [0.717, 1.165) is 18.7 Å². The number of benzene rings is 2. The van der Waals surface area contributed by atoms with E-state index in [1.54, 1.807) is 24.3 Å². The first kappa shape index (κ1) is 26.2. The third kappa shape index (κ3) is 8.70. The van der Waals surface area contributed by atoms with Gasteiger partial charge in [-0.1, -0.05) is 50.6 Å². The largest absolute Gasteiger partial charge is 0.445 e. The first-order valence-electron chi connectivity index (χ1n) is 11.9. The van der Waals surface area contributed by atoms with E-state index in [1.165, 1.54) is 0 Å². The Kier molecular flexibility index (Phi) is 10.1. The molecular weight excluding hydrogens is 448 g/mol. The summed E-state index contributed by atoms with van der Waals surface area (Å²) in [5.74, 6) is -0.531. The Morgan fingerprint density at radius 3 is 2.23 bits per heavy atom.